The molecule has 0 radical (unpaired) electrons. The molecule has 1 N–H and O–H groups in total. The van der Waals surface area contributed by atoms with Gasteiger partial charge in [0.2, 0.25) is 11.6 Å². The van der Waals surface area contributed by atoms with Crippen molar-refractivity contribution in [2.24, 2.45) is 0 Å². The number of nitrogens with one attached hydrogen (secondary N) is 1. The van der Waals surface area contributed by atoms with Crippen LogP contribution in [0, 0.1) is 13.8 Å². The molecule has 7 nitrogen and oxygen atoms in total. The first-order chi connectivity index (χ1) is 15.0. The number of hydrogen-bond donors (Lipinski definition) is 1. The van der Waals surface area contributed by atoms with Gasteiger partial charge in [0.05, 0.1) is 5.25 Å². The Hall–Kier alpha value is -3.39. The number of rotatable bonds is 6. The number of amides is 1. The summed E-state index contributed by atoms with van der Waals surface area (Å²) in [5.41, 5.74) is 3.61. The molecule has 4 aromatic rings. The molecule has 2 aromatic heterocycles. The van der Waals surface area contributed by atoms with Gasteiger partial charge in [-0.3, -0.25) is 18.6 Å². The van der Waals surface area contributed by atoms with Gasteiger partial charge in [-0.2, -0.15) is 0 Å². The van der Waals surface area contributed by atoms with Crippen molar-refractivity contribution < 1.29 is 4.79 Å². The molecule has 2 heterocycles. The number of hydrogen-bond acceptors (Lipinski definition) is 5. The molecule has 0 bridgehead atoms. The molecule has 1 atom stereocenters. The Kier molecular flexibility index (Phi) is 5.90. The topological polar surface area (TPSA) is 81.3 Å². The monoisotopic (exact) mass is 433 g/mol. The van der Waals surface area contributed by atoms with Crippen LogP contribution in [-0.2, 0) is 4.79 Å². The Labute approximate surface area is 184 Å². The molecule has 0 aliphatic heterocycles. The van der Waals surface area contributed by atoms with Gasteiger partial charge in [-0.1, -0.05) is 49.0 Å². The molecule has 1 amide bonds. The molecule has 0 fully saturated rings. The number of carbonyl (C=O) groups excluding carboxylic acids is 1. The number of anilines is 1. The van der Waals surface area contributed by atoms with Crippen molar-refractivity contribution in [1.29, 1.82) is 0 Å². The number of aromatic nitrogens is 4. The van der Waals surface area contributed by atoms with Crippen molar-refractivity contribution in [3.63, 3.8) is 0 Å². The second kappa shape index (κ2) is 8.77. The molecule has 31 heavy (non-hydrogen) atoms. The fraction of sp³-hybridized carbons (Fsp3) is 0.217. The quantitative estimate of drug-likeness (QED) is 0.465. The van der Waals surface area contributed by atoms with E-state index in [-0.39, 0.29) is 22.4 Å². The van der Waals surface area contributed by atoms with Gasteiger partial charge in [0.1, 0.15) is 0 Å². The number of aryl methyl sites for hydroxylation is 2. The molecular formula is C23H23N5O2S. The smallest absolute Gasteiger partial charge is 0.300 e. The molecule has 0 aliphatic rings. The zero-order valence-corrected chi connectivity index (χ0v) is 18.4. The van der Waals surface area contributed by atoms with Gasteiger partial charge in [0.15, 0.2) is 5.16 Å². The van der Waals surface area contributed by atoms with Crippen molar-refractivity contribution >= 4 is 29.0 Å². The van der Waals surface area contributed by atoms with Gasteiger partial charge in [0, 0.05) is 23.8 Å². The Morgan fingerprint density at radius 2 is 1.87 bits per heavy atom. The minimum atomic E-state index is -0.371. The van der Waals surface area contributed by atoms with Crippen LogP contribution in [0.3, 0.4) is 0 Å². The van der Waals surface area contributed by atoms with Crippen LogP contribution < -0.4 is 10.9 Å². The summed E-state index contributed by atoms with van der Waals surface area (Å²) in [6, 6.07) is 15.3. The van der Waals surface area contributed by atoms with E-state index < -0.39 is 0 Å². The molecule has 158 valence electrons. The van der Waals surface area contributed by atoms with Crippen LogP contribution >= 0.6 is 11.8 Å². The third-order valence-electron chi connectivity index (χ3n) is 5.04. The molecule has 0 unspecified atom stereocenters. The van der Waals surface area contributed by atoms with E-state index in [1.165, 1.54) is 16.3 Å². The summed E-state index contributed by atoms with van der Waals surface area (Å²) >= 11 is 1.30. The van der Waals surface area contributed by atoms with E-state index in [0.29, 0.717) is 11.6 Å². The maximum atomic E-state index is 12.9. The minimum Gasteiger partial charge on any atom is -0.325 e. The van der Waals surface area contributed by atoms with E-state index in [1.807, 2.05) is 69.3 Å². The van der Waals surface area contributed by atoms with Gasteiger partial charge in [0.25, 0.3) is 0 Å². The highest BCUT2D eigenvalue weighted by Gasteiger charge is 2.22. The summed E-state index contributed by atoms with van der Waals surface area (Å²) in [5, 5.41) is 11.4. The van der Waals surface area contributed by atoms with Crippen LogP contribution in [0.15, 0.2) is 70.9 Å². The molecule has 2 aromatic carbocycles. The first kappa shape index (κ1) is 20.9. The molecular weight excluding hydrogens is 410 g/mol. The summed E-state index contributed by atoms with van der Waals surface area (Å²) in [4.78, 5) is 25.8. The lowest BCUT2D eigenvalue weighted by atomic mass is 10.1. The van der Waals surface area contributed by atoms with Gasteiger partial charge in [-0.05, 0) is 49.6 Å². The third kappa shape index (κ3) is 4.25. The van der Waals surface area contributed by atoms with Crippen molar-refractivity contribution in [3.8, 4) is 5.69 Å². The Morgan fingerprint density at radius 1 is 1.10 bits per heavy atom. The Balaban J connectivity index is 1.60. The molecule has 0 saturated heterocycles. The van der Waals surface area contributed by atoms with Gasteiger partial charge in [-0.15, -0.1) is 10.2 Å². The van der Waals surface area contributed by atoms with E-state index in [9.17, 15) is 9.59 Å². The fourth-order valence-corrected chi connectivity index (χ4v) is 4.21. The van der Waals surface area contributed by atoms with Gasteiger partial charge < -0.3 is 5.32 Å². The van der Waals surface area contributed by atoms with E-state index in [4.69, 9.17) is 0 Å². The van der Waals surface area contributed by atoms with E-state index in [0.717, 1.165) is 22.5 Å². The number of thioether (sulfide) groups is 1. The fourth-order valence-electron chi connectivity index (χ4n) is 3.27. The third-order valence-corrected chi connectivity index (χ3v) is 6.36. The van der Waals surface area contributed by atoms with Crippen LogP contribution in [0.25, 0.3) is 11.3 Å². The average molecular weight is 434 g/mol. The number of carbonyl (C=O) groups is 1. The van der Waals surface area contributed by atoms with Gasteiger partial charge in [-0.25, -0.2) is 0 Å². The zero-order chi connectivity index (χ0) is 22.0. The molecule has 0 aliphatic carbocycles. The van der Waals surface area contributed by atoms with E-state index >= 15 is 0 Å². The SMILES string of the molecule is CC[C@@H](Sc1nnc2c(=O)n(-c3ccccc3)ccn12)C(=O)Nc1cc(C)ccc1C. The van der Waals surface area contributed by atoms with Gasteiger partial charge >= 0.3 is 5.56 Å². The number of benzene rings is 2. The lowest BCUT2D eigenvalue weighted by Gasteiger charge is -2.15. The first-order valence-electron chi connectivity index (χ1n) is 10.0. The highest BCUT2D eigenvalue weighted by atomic mass is 32.2. The summed E-state index contributed by atoms with van der Waals surface area (Å²) in [7, 11) is 0. The minimum absolute atomic E-state index is 0.101. The summed E-state index contributed by atoms with van der Waals surface area (Å²) in [5.74, 6) is -0.101. The van der Waals surface area contributed by atoms with Crippen molar-refractivity contribution in [3.05, 3.63) is 82.4 Å². The predicted molar refractivity (Wildman–Crippen MR) is 123 cm³/mol. The summed E-state index contributed by atoms with van der Waals surface area (Å²) in [6.45, 7) is 5.91. The Bertz CT molecular complexity index is 1300. The largest absolute Gasteiger partial charge is 0.325 e. The highest BCUT2D eigenvalue weighted by molar-refractivity contribution is 8.00. The highest BCUT2D eigenvalue weighted by Crippen LogP contribution is 2.26. The zero-order valence-electron chi connectivity index (χ0n) is 17.6. The normalized spacial score (nSPS) is 12.1. The molecule has 0 saturated carbocycles. The molecule has 8 heteroatoms. The predicted octanol–water partition coefficient (Wildman–Crippen LogP) is 4.01. The second-order valence-corrected chi connectivity index (χ2v) is 8.48. The first-order valence-corrected chi connectivity index (χ1v) is 10.9. The van der Waals surface area contributed by atoms with Crippen LogP contribution in [0.1, 0.15) is 24.5 Å². The standard InChI is InChI=1S/C23H23N5O2S/c1-4-19(21(29)24-18-14-15(2)10-11-16(18)3)31-23-26-25-20-22(30)27(12-13-28(20)23)17-8-6-5-7-9-17/h5-14,19H,4H2,1-3H3,(H,24,29)/t19-/m1/s1. The Morgan fingerprint density at radius 3 is 2.61 bits per heavy atom. The van der Waals surface area contributed by atoms with E-state index in [1.54, 1.807) is 16.8 Å². The lowest BCUT2D eigenvalue weighted by Crippen LogP contribution is -2.25. The van der Waals surface area contributed by atoms with Crippen LogP contribution in [-0.4, -0.2) is 30.3 Å². The summed E-state index contributed by atoms with van der Waals surface area (Å²) in [6.07, 6.45) is 4.05. The number of fused-ring (bicyclic) bond motifs is 1. The van der Waals surface area contributed by atoms with Crippen molar-refractivity contribution in [2.75, 3.05) is 5.32 Å². The second-order valence-electron chi connectivity index (χ2n) is 7.31. The number of para-hydroxylation sites is 1. The maximum Gasteiger partial charge on any atom is 0.300 e. The summed E-state index contributed by atoms with van der Waals surface area (Å²) < 4.78 is 3.17. The maximum absolute atomic E-state index is 12.9. The van der Waals surface area contributed by atoms with Crippen LogP contribution in [0.4, 0.5) is 5.69 Å². The number of nitrogens with zero attached hydrogens (tertiary/aromatic N) is 4. The van der Waals surface area contributed by atoms with E-state index in [2.05, 4.69) is 15.5 Å². The van der Waals surface area contributed by atoms with Crippen molar-refractivity contribution in [1.82, 2.24) is 19.2 Å². The van der Waals surface area contributed by atoms with Crippen LogP contribution in [0.5, 0.6) is 0 Å². The van der Waals surface area contributed by atoms with Crippen LogP contribution in [0.2, 0.25) is 0 Å². The van der Waals surface area contributed by atoms with Crippen molar-refractivity contribution in [2.45, 2.75) is 37.6 Å². The average Bonchev–Trinajstić information content (AvgIpc) is 3.19. The molecule has 4 rings (SSSR count). The molecule has 0 spiro atoms. The lowest BCUT2D eigenvalue weighted by molar-refractivity contribution is -0.115.